The maximum Gasteiger partial charge on any atom is 0.291 e. The fourth-order valence-electron chi connectivity index (χ4n) is 3.66. The number of nitrogens with zero attached hydrogens (tertiary/aromatic N) is 3. The SMILES string of the molecule is CCc1nc(C)c(C(=O)N2C[C@@H](Cc3ccc4ccccc4n3)[C@H](O)C2)o1. The lowest BCUT2D eigenvalue weighted by molar-refractivity contribution is 0.0731. The van der Waals surface area contributed by atoms with Gasteiger partial charge in [0.2, 0.25) is 5.76 Å². The van der Waals surface area contributed by atoms with Crippen molar-refractivity contribution in [3.8, 4) is 0 Å². The number of β-amino-alcohol motifs (C(OH)–C–C–N with tert-alkyl or cyclic N) is 1. The molecule has 27 heavy (non-hydrogen) atoms. The van der Waals surface area contributed by atoms with Gasteiger partial charge in [-0.05, 0) is 25.5 Å². The molecular formula is C21H23N3O3. The van der Waals surface area contributed by atoms with Crippen molar-refractivity contribution in [3.63, 3.8) is 0 Å². The molecule has 1 saturated heterocycles. The van der Waals surface area contributed by atoms with E-state index in [1.54, 1.807) is 11.8 Å². The highest BCUT2D eigenvalue weighted by molar-refractivity contribution is 5.92. The molecule has 3 heterocycles. The number of carbonyl (C=O) groups is 1. The molecule has 0 aliphatic carbocycles. The predicted molar refractivity (Wildman–Crippen MR) is 101 cm³/mol. The van der Waals surface area contributed by atoms with Crippen LogP contribution in [0.3, 0.4) is 0 Å². The van der Waals surface area contributed by atoms with Crippen LogP contribution in [-0.2, 0) is 12.8 Å². The molecule has 4 rings (SSSR count). The first-order valence-corrected chi connectivity index (χ1v) is 9.33. The number of aromatic nitrogens is 2. The fraction of sp³-hybridized carbons (Fsp3) is 0.381. The van der Waals surface area contributed by atoms with Gasteiger partial charge in [-0.2, -0.15) is 0 Å². The van der Waals surface area contributed by atoms with Crippen LogP contribution in [0.2, 0.25) is 0 Å². The number of hydrogen-bond donors (Lipinski definition) is 1. The van der Waals surface area contributed by atoms with Crippen molar-refractivity contribution in [1.29, 1.82) is 0 Å². The van der Waals surface area contributed by atoms with Crippen LogP contribution in [0.4, 0.5) is 0 Å². The summed E-state index contributed by atoms with van der Waals surface area (Å²) < 4.78 is 5.58. The second kappa shape index (κ2) is 7.12. The van der Waals surface area contributed by atoms with Crippen molar-refractivity contribution < 1.29 is 14.3 Å². The first kappa shape index (κ1) is 17.7. The van der Waals surface area contributed by atoms with Crippen molar-refractivity contribution in [3.05, 3.63) is 59.4 Å². The van der Waals surface area contributed by atoms with Gasteiger partial charge < -0.3 is 14.4 Å². The largest absolute Gasteiger partial charge is 0.435 e. The smallest absolute Gasteiger partial charge is 0.291 e. The van der Waals surface area contributed by atoms with E-state index in [2.05, 4.69) is 9.97 Å². The van der Waals surface area contributed by atoms with E-state index in [0.29, 0.717) is 37.5 Å². The van der Waals surface area contributed by atoms with E-state index >= 15 is 0 Å². The van der Waals surface area contributed by atoms with Crippen LogP contribution in [0.25, 0.3) is 10.9 Å². The van der Waals surface area contributed by atoms with Crippen LogP contribution in [-0.4, -0.2) is 45.1 Å². The van der Waals surface area contributed by atoms with Crippen molar-refractivity contribution in [2.75, 3.05) is 13.1 Å². The number of fused-ring (bicyclic) bond motifs is 1. The fourth-order valence-corrected chi connectivity index (χ4v) is 3.66. The van der Waals surface area contributed by atoms with Gasteiger partial charge in [0.1, 0.15) is 0 Å². The first-order valence-electron chi connectivity index (χ1n) is 9.33. The Hall–Kier alpha value is -2.73. The summed E-state index contributed by atoms with van der Waals surface area (Å²) in [5.74, 6) is 0.597. The van der Waals surface area contributed by atoms with Gasteiger partial charge in [0.05, 0.1) is 17.3 Å². The molecule has 1 fully saturated rings. The quantitative estimate of drug-likeness (QED) is 0.769. The third kappa shape index (κ3) is 3.45. The summed E-state index contributed by atoms with van der Waals surface area (Å²) >= 11 is 0. The number of aliphatic hydroxyl groups excluding tert-OH is 1. The molecule has 2 atom stereocenters. The Bertz CT molecular complexity index is 982. The second-order valence-electron chi connectivity index (χ2n) is 7.11. The number of pyridine rings is 1. The van der Waals surface area contributed by atoms with Gasteiger partial charge in [-0.25, -0.2) is 4.98 Å². The van der Waals surface area contributed by atoms with Crippen LogP contribution in [0.5, 0.6) is 0 Å². The average Bonchev–Trinajstić information content (AvgIpc) is 3.24. The minimum absolute atomic E-state index is 0.0449. The van der Waals surface area contributed by atoms with Gasteiger partial charge in [-0.1, -0.05) is 31.2 Å². The standard InChI is InChI=1S/C21H23N3O3/c1-3-19-22-13(2)20(27-19)21(26)24-11-15(18(25)12-24)10-16-9-8-14-6-4-5-7-17(14)23-16/h4-9,15,18,25H,3,10-12H2,1-2H3/t15-,18-/m1/s1. The number of amides is 1. The molecule has 1 amide bonds. The lowest BCUT2D eigenvalue weighted by Gasteiger charge is -2.15. The molecule has 1 aliphatic heterocycles. The molecule has 6 heteroatoms. The van der Waals surface area contributed by atoms with Gasteiger partial charge in [-0.3, -0.25) is 9.78 Å². The van der Waals surface area contributed by atoms with Crippen LogP contribution in [0.15, 0.2) is 40.8 Å². The highest BCUT2D eigenvalue weighted by atomic mass is 16.4. The third-order valence-electron chi connectivity index (χ3n) is 5.16. The first-order chi connectivity index (χ1) is 13.0. The Kier molecular flexibility index (Phi) is 4.66. The zero-order chi connectivity index (χ0) is 19.0. The minimum atomic E-state index is -0.573. The molecule has 0 unspecified atom stereocenters. The van der Waals surface area contributed by atoms with Gasteiger partial charge in [-0.15, -0.1) is 0 Å². The predicted octanol–water partition coefficient (Wildman–Crippen LogP) is 2.77. The van der Waals surface area contributed by atoms with Gasteiger partial charge in [0.15, 0.2) is 5.89 Å². The average molecular weight is 365 g/mol. The molecule has 0 saturated carbocycles. The van der Waals surface area contributed by atoms with Gasteiger partial charge in [0.25, 0.3) is 5.91 Å². The number of carbonyl (C=O) groups excluding carboxylic acids is 1. The van der Waals surface area contributed by atoms with E-state index in [4.69, 9.17) is 4.42 Å². The summed E-state index contributed by atoms with van der Waals surface area (Å²) in [4.78, 5) is 23.4. The number of aliphatic hydroxyl groups is 1. The van der Waals surface area contributed by atoms with E-state index in [1.165, 1.54) is 0 Å². The van der Waals surface area contributed by atoms with Crippen LogP contribution in [0.1, 0.15) is 34.8 Å². The van der Waals surface area contributed by atoms with E-state index in [9.17, 15) is 9.90 Å². The van der Waals surface area contributed by atoms with Crippen molar-refractivity contribution in [2.45, 2.75) is 32.8 Å². The normalized spacial score (nSPS) is 19.7. The second-order valence-corrected chi connectivity index (χ2v) is 7.11. The highest BCUT2D eigenvalue weighted by Gasteiger charge is 2.36. The number of hydrogen-bond acceptors (Lipinski definition) is 5. The van der Waals surface area contributed by atoms with Gasteiger partial charge in [0, 0.05) is 36.5 Å². The number of para-hydroxylation sites is 1. The Morgan fingerprint density at radius 1 is 1.22 bits per heavy atom. The number of likely N-dealkylation sites (tertiary alicyclic amines) is 1. The molecule has 1 aromatic carbocycles. The van der Waals surface area contributed by atoms with Crippen molar-refractivity contribution in [1.82, 2.24) is 14.9 Å². The topological polar surface area (TPSA) is 79.5 Å². The molecule has 0 bridgehead atoms. The molecule has 0 radical (unpaired) electrons. The van der Waals surface area contributed by atoms with Crippen molar-refractivity contribution in [2.24, 2.45) is 5.92 Å². The molecule has 2 aromatic heterocycles. The Morgan fingerprint density at radius 3 is 2.81 bits per heavy atom. The Balaban J connectivity index is 1.48. The summed E-state index contributed by atoms with van der Waals surface area (Å²) in [6.45, 7) is 4.50. The molecular weight excluding hydrogens is 342 g/mol. The van der Waals surface area contributed by atoms with Crippen LogP contribution < -0.4 is 0 Å². The lowest BCUT2D eigenvalue weighted by Crippen LogP contribution is -2.29. The van der Waals surface area contributed by atoms with E-state index < -0.39 is 6.10 Å². The highest BCUT2D eigenvalue weighted by Crippen LogP contribution is 2.25. The molecule has 6 nitrogen and oxygen atoms in total. The third-order valence-corrected chi connectivity index (χ3v) is 5.16. The Labute approximate surface area is 157 Å². The number of benzene rings is 1. The minimum Gasteiger partial charge on any atom is -0.435 e. The molecule has 1 aliphatic rings. The van der Waals surface area contributed by atoms with E-state index in [1.807, 2.05) is 43.3 Å². The van der Waals surface area contributed by atoms with Crippen LogP contribution >= 0.6 is 0 Å². The van der Waals surface area contributed by atoms with Gasteiger partial charge >= 0.3 is 0 Å². The summed E-state index contributed by atoms with van der Waals surface area (Å²) in [6.07, 6.45) is 0.703. The number of oxazole rings is 1. The lowest BCUT2D eigenvalue weighted by atomic mass is 9.99. The zero-order valence-corrected chi connectivity index (χ0v) is 15.6. The van der Waals surface area contributed by atoms with E-state index in [0.717, 1.165) is 16.6 Å². The zero-order valence-electron chi connectivity index (χ0n) is 15.6. The number of rotatable bonds is 4. The molecule has 0 spiro atoms. The molecule has 3 aromatic rings. The summed E-state index contributed by atoms with van der Waals surface area (Å²) in [5.41, 5.74) is 2.47. The Morgan fingerprint density at radius 2 is 2.04 bits per heavy atom. The maximum atomic E-state index is 12.8. The maximum absolute atomic E-state index is 12.8. The summed E-state index contributed by atoms with van der Waals surface area (Å²) in [5, 5.41) is 11.6. The monoisotopic (exact) mass is 365 g/mol. The summed E-state index contributed by atoms with van der Waals surface area (Å²) in [6, 6.07) is 12.0. The van der Waals surface area contributed by atoms with Crippen LogP contribution in [0, 0.1) is 12.8 Å². The number of aryl methyl sites for hydroxylation is 2. The van der Waals surface area contributed by atoms with Crippen molar-refractivity contribution >= 4 is 16.8 Å². The van der Waals surface area contributed by atoms with E-state index in [-0.39, 0.29) is 17.6 Å². The molecule has 140 valence electrons. The summed E-state index contributed by atoms with van der Waals surface area (Å²) in [7, 11) is 0. The molecule has 1 N–H and O–H groups in total.